The van der Waals surface area contributed by atoms with Gasteiger partial charge in [0.25, 0.3) is 0 Å². The molecule has 0 fully saturated rings. The van der Waals surface area contributed by atoms with Gasteiger partial charge in [0.1, 0.15) is 0 Å². The van der Waals surface area contributed by atoms with E-state index in [4.69, 9.17) is 5.11 Å². The maximum Gasteiger partial charge on any atom is 0.0848 e. The maximum absolute atomic E-state index is 8.95. The molecule has 1 N–H and O–H groups in total. The third kappa shape index (κ3) is 1.32. The molecule has 0 saturated carbocycles. The Hall–Kier alpha value is -0.340. The highest BCUT2D eigenvalue weighted by Crippen LogP contribution is 1.97. The van der Waals surface area contributed by atoms with Crippen LogP contribution in [0.25, 0.3) is 0 Å². The minimum atomic E-state index is -0.242. The summed E-state index contributed by atoms with van der Waals surface area (Å²) in [5.41, 5.74) is 0. The zero-order chi connectivity index (χ0) is 5.98. The molecular formula is C6H11NO. The first-order valence-corrected chi connectivity index (χ1v) is 2.82. The van der Waals surface area contributed by atoms with Gasteiger partial charge in [0.2, 0.25) is 0 Å². The minimum absolute atomic E-state index is 0.242. The summed E-state index contributed by atoms with van der Waals surface area (Å²) in [4.78, 5) is 2.07. The summed E-state index contributed by atoms with van der Waals surface area (Å²) in [5, 5.41) is 8.95. The predicted molar refractivity (Wildman–Crippen MR) is 32.6 cm³/mol. The summed E-state index contributed by atoms with van der Waals surface area (Å²) in [6.45, 7) is 1.74. The number of aliphatic hydroxyl groups is 1. The molecule has 0 amide bonds. The second kappa shape index (κ2) is 2.29. The Labute approximate surface area is 49.4 Å². The Morgan fingerprint density at radius 1 is 1.75 bits per heavy atom. The Morgan fingerprint density at radius 3 is 2.88 bits per heavy atom. The lowest BCUT2D eigenvalue weighted by Gasteiger charge is -2.20. The van der Waals surface area contributed by atoms with Crippen LogP contribution in [0.2, 0.25) is 0 Å². The van der Waals surface area contributed by atoms with E-state index in [-0.39, 0.29) is 6.10 Å². The summed E-state index contributed by atoms with van der Waals surface area (Å²) in [6.07, 6.45) is 3.57. The van der Waals surface area contributed by atoms with Crippen molar-refractivity contribution in [2.24, 2.45) is 0 Å². The molecule has 1 aliphatic rings. The lowest BCUT2D eigenvalue weighted by Crippen LogP contribution is -2.31. The molecule has 1 heterocycles. The van der Waals surface area contributed by atoms with E-state index in [0.29, 0.717) is 0 Å². The van der Waals surface area contributed by atoms with Crippen molar-refractivity contribution in [3.8, 4) is 0 Å². The molecule has 8 heavy (non-hydrogen) atoms. The van der Waals surface area contributed by atoms with Crippen molar-refractivity contribution in [2.75, 3.05) is 20.1 Å². The largest absolute Gasteiger partial charge is 0.388 e. The van der Waals surface area contributed by atoms with E-state index in [1.54, 1.807) is 0 Å². The van der Waals surface area contributed by atoms with Crippen molar-refractivity contribution >= 4 is 0 Å². The molecule has 0 radical (unpaired) electrons. The molecule has 2 nitrogen and oxygen atoms in total. The van der Waals surface area contributed by atoms with Crippen LogP contribution >= 0.6 is 0 Å². The molecule has 1 rings (SSSR count). The van der Waals surface area contributed by atoms with Crippen LogP contribution in [0.15, 0.2) is 12.2 Å². The van der Waals surface area contributed by atoms with Crippen molar-refractivity contribution in [3.63, 3.8) is 0 Å². The number of hydrogen-bond acceptors (Lipinski definition) is 2. The Kier molecular flexibility index (Phi) is 1.65. The number of likely N-dealkylation sites (N-methyl/N-ethyl adjacent to an activating group) is 1. The number of aliphatic hydroxyl groups excluding tert-OH is 1. The minimum Gasteiger partial charge on any atom is -0.388 e. The number of β-amino-alcohol motifs (C(OH)–C–C–N with tert-alkyl or cyclic N) is 1. The van der Waals surface area contributed by atoms with Crippen molar-refractivity contribution < 1.29 is 5.11 Å². The van der Waals surface area contributed by atoms with E-state index >= 15 is 0 Å². The summed E-state index contributed by atoms with van der Waals surface area (Å²) < 4.78 is 0. The van der Waals surface area contributed by atoms with Gasteiger partial charge in [-0.3, -0.25) is 4.90 Å². The van der Waals surface area contributed by atoms with Gasteiger partial charge in [-0.15, -0.1) is 0 Å². The monoisotopic (exact) mass is 113 g/mol. The molecule has 0 aromatic rings. The van der Waals surface area contributed by atoms with Crippen LogP contribution < -0.4 is 0 Å². The van der Waals surface area contributed by atoms with Crippen molar-refractivity contribution in [2.45, 2.75) is 6.10 Å². The van der Waals surface area contributed by atoms with Crippen molar-refractivity contribution in [1.82, 2.24) is 4.90 Å². The second-order valence-electron chi connectivity index (χ2n) is 2.22. The first-order chi connectivity index (χ1) is 3.79. The van der Waals surface area contributed by atoms with Crippen LogP contribution in [0.4, 0.5) is 0 Å². The molecule has 2 heteroatoms. The molecule has 0 aromatic carbocycles. The highest BCUT2D eigenvalue weighted by Gasteiger charge is 2.06. The fourth-order valence-electron chi connectivity index (χ4n) is 0.853. The first-order valence-electron chi connectivity index (χ1n) is 2.82. The smallest absolute Gasteiger partial charge is 0.0848 e. The van der Waals surface area contributed by atoms with Crippen molar-refractivity contribution in [1.29, 1.82) is 0 Å². The van der Waals surface area contributed by atoms with Crippen LogP contribution in [-0.2, 0) is 0 Å². The van der Waals surface area contributed by atoms with Crippen LogP contribution in [0, 0.1) is 0 Å². The van der Waals surface area contributed by atoms with Gasteiger partial charge < -0.3 is 5.11 Å². The van der Waals surface area contributed by atoms with Crippen LogP contribution in [0.5, 0.6) is 0 Å². The topological polar surface area (TPSA) is 23.5 Å². The normalized spacial score (nSPS) is 31.0. The van der Waals surface area contributed by atoms with Gasteiger partial charge in [0.05, 0.1) is 6.10 Å². The molecule has 0 aliphatic carbocycles. The van der Waals surface area contributed by atoms with Crippen LogP contribution in [-0.4, -0.2) is 36.2 Å². The molecule has 0 saturated heterocycles. The Bertz CT molecular complexity index is 101. The molecule has 0 bridgehead atoms. The standard InChI is InChI=1S/C6H11NO/c1-7-4-2-3-6(8)5-7/h2-3,6,8H,4-5H2,1H3. The third-order valence-electron chi connectivity index (χ3n) is 1.27. The number of rotatable bonds is 0. The highest BCUT2D eigenvalue weighted by molar-refractivity contribution is 4.96. The fourth-order valence-corrected chi connectivity index (χ4v) is 0.853. The second-order valence-corrected chi connectivity index (χ2v) is 2.22. The molecule has 1 unspecified atom stereocenters. The molecule has 0 spiro atoms. The average molecular weight is 113 g/mol. The van der Waals surface area contributed by atoms with Crippen LogP contribution in [0.1, 0.15) is 0 Å². The molecule has 1 aliphatic heterocycles. The lowest BCUT2D eigenvalue weighted by molar-refractivity contribution is 0.161. The lowest BCUT2D eigenvalue weighted by atomic mass is 10.2. The summed E-state index contributed by atoms with van der Waals surface area (Å²) in [6, 6.07) is 0. The van der Waals surface area contributed by atoms with E-state index in [1.165, 1.54) is 0 Å². The van der Waals surface area contributed by atoms with Crippen molar-refractivity contribution in [3.05, 3.63) is 12.2 Å². The Balaban J connectivity index is 2.42. The van der Waals surface area contributed by atoms with Gasteiger partial charge in [0.15, 0.2) is 0 Å². The van der Waals surface area contributed by atoms with E-state index in [9.17, 15) is 0 Å². The van der Waals surface area contributed by atoms with Gasteiger partial charge in [-0.25, -0.2) is 0 Å². The zero-order valence-corrected chi connectivity index (χ0v) is 5.04. The Morgan fingerprint density at radius 2 is 2.50 bits per heavy atom. The maximum atomic E-state index is 8.95. The average Bonchev–Trinajstić information content (AvgIpc) is 1.64. The third-order valence-corrected chi connectivity index (χ3v) is 1.27. The van der Waals surface area contributed by atoms with Crippen LogP contribution in [0.3, 0.4) is 0 Å². The molecule has 1 atom stereocenters. The van der Waals surface area contributed by atoms with E-state index in [1.807, 2.05) is 19.2 Å². The summed E-state index contributed by atoms with van der Waals surface area (Å²) in [5.74, 6) is 0. The van der Waals surface area contributed by atoms with Gasteiger partial charge in [-0.2, -0.15) is 0 Å². The van der Waals surface area contributed by atoms with Gasteiger partial charge in [0, 0.05) is 13.1 Å². The summed E-state index contributed by atoms with van der Waals surface area (Å²) >= 11 is 0. The van der Waals surface area contributed by atoms with Gasteiger partial charge in [-0.1, -0.05) is 12.2 Å². The van der Waals surface area contributed by atoms with E-state index < -0.39 is 0 Å². The molecular weight excluding hydrogens is 102 g/mol. The van der Waals surface area contributed by atoms with Gasteiger partial charge in [-0.05, 0) is 7.05 Å². The predicted octanol–water partition coefficient (Wildman–Crippen LogP) is -0.151. The molecule has 46 valence electrons. The number of hydrogen-bond donors (Lipinski definition) is 1. The zero-order valence-electron chi connectivity index (χ0n) is 5.04. The SMILES string of the molecule is CN1CC=CC(O)C1. The fraction of sp³-hybridized carbons (Fsp3) is 0.667. The first kappa shape index (κ1) is 5.79. The molecule has 0 aromatic heterocycles. The quantitative estimate of drug-likeness (QED) is 0.441. The van der Waals surface area contributed by atoms with E-state index in [2.05, 4.69) is 4.90 Å². The highest BCUT2D eigenvalue weighted by atomic mass is 16.3. The van der Waals surface area contributed by atoms with Gasteiger partial charge >= 0.3 is 0 Å². The number of nitrogens with zero attached hydrogens (tertiary/aromatic N) is 1. The van der Waals surface area contributed by atoms with E-state index in [0.717, 1.165) is 13.1 Å². The summed E-state index contributed by atoms with van der Waals surface area (Å²) in [7, 11) is 1.99.